The summed E-state index contributed by atoms with van der Waals surface area (Å²) in [5.41, 5.74) is 8.55. The monoisotopic (exact) mass is 270 g/mol. The van der Waals surface area contributed by atoms with Crippen molar-refractivity contribution in [2.24, 2.45) is 0 Å². The lowest BCUT2D eigenvalue weighted by Gasteiger charge is -2.12. The molecule has 3 N–H and O–H groups in total. The fraction of sp³-hybridized carbons (Fsp3) is 0.188. The minimum atomic E-state index is -0.185. The van der Waals surface area contributed by atoms with Crippen molar-refractivity contribution in [3.63, 3.8) is 0 Å². The van der Waals surface area contributed by atoms with Gasteiger partial charge < -0.3 is 15.8 Å². The van der Waals surface area contributed by atoms with E-state index in [-0.39, 0.29) is 5.91 Å². The Labute approximate surface area is 118 Å². The van der Waals surface area contributed by atoms with Gasteiger partial charge in [-0.05, 0) is 55.8 Å². The highest BCUT2D eigenvalue weighted by Gasteiger charge is 2.10. The first-order valence-corrected chi connectivity index (χ1v) is 6.50. The van der Waals surface area contributed by atoms with Crippen LogP contribution in [-0.4, -0.2) is 12.5 Å². The molecule has 0 fully saturated rings. The first-order valence-electron chi connectivity index (χ1n) is 6.50. The Morgan fingerprint density at radius 2 is 1.90 bits per heavy atom. The number of hydrogen-bond donors (Lipinski definition) is 2. The van der Waals surface area contributed by atoms with E-state index in [0.29, 0.717) is 29.3 Å². The lowest BCUT2D eigenvalue weighted by atomic mass is 10.1. The molecule has 0 atom stereocenters. The number of benzene rings is 2. The number of anilines is 2. The molecule has 0 saturated carbocycles. The molecule has 0 spiro atoms. The van der Waals surface area contributed by atoms with Gasteiger partial charge >= 0.3 is 0 Å². The standard InChI is InChI=1S/C16H18N2O2/c1-3-20-15-10-11(2)4-9-14(15)18-16(19)12-5-7-13(17)8-6-12/h4-10H,3,17H2,1-2H3,(H,18,19). The molecule has 0 unspecified atom stereocenters. The van der Waals surface area contributed by atoms with Crippen LogP contribution < -0.4 is 15.8 Å². The molecule has 0 aliphatic carbocycles. The summed E-state index contributed by atoms with van der Waals surface area (Å²) in [5, 5.41) is 2.85. The normalized spacial score (nSPS) is 10.1. The van der Waals surface area contributed by atoms with Gasteiger partial charge in [0.05, 0.1) is 12.3 Å². The summed E-state index contributed by atoms with van der Waals surface area (Å²) in [5.74, 6) is 0.492. The number of aryl methyl sites for hydroxylation is 1. The van der Waals surface area contributed by atoms with Crippen LogP contribution in [0.3, 0.4) is 0 Å². The summed E-state index contributed by atoms with van der Waals surface area (Å²) in [7, 11) is 0. The van der Waals surface area contributed by atoms with E-state index in [0.717, 1.165) is 5.56 Å². The summed E-state index contributed by atoms with van der Waals surface area (Å²) >= 11 is 0. The summed E-state index contributed by atoms with van der Waals surface area (Å²) in [6.45, 7) is 4.44. The Bertz CT molecular complexity index is 606. The number of carbonyl (C=O) groups is 1. The fourth-order valence-electron chi connectivity index (χ4n) is 1.84. The van der Waals surface area contributed by atoms with Gasteiger partial charge in [0.1, 0.15) is 5.75 Å². The van der Waals surface area contributed by atoms with Gasteiger partial charge in [-0.25, -0.2) is 0 Å². The quantitative estimate of drug-likeness (QED) is 0.838. The van der Waals surface area contributed by atoms with Gasteiger partial charge in [-0.2, -0.15) is 0 Å². The third-order valence-corrected chi connectivity index (χ3v) is 2.86. The van der Waals surface area contributed by atoms with Gasteiger partial charge in [-0.3, -0.25) is 4.79 Å². The van der Waals surface area contributed by atoms with E-state index >= 15 is 0 Å². The van der Waals surface area contributed by atoms with Gasteiger partial charge in [-0.1, -0.05) is 6.07 Å². The fourth-order valence-corrected chi connectivity index (χ4v) is 1.84. The molecule has 0 radical (unpaired) electrons. The van der Waals surface area contributed by atoms with Gasteiger partial charge in [0.2, 0.25) is 0 Å². The highest BCUT2D eigenvalue weighted by atomic mass is 16.5. The zero-order valence-electron chi connectivity index (χ0n) is 11.6. The van der Waals surface area contributed by atoms with Crippen LogP contribution in [0.4, 0.5) is 11.4 Å². The zero-order chi connectivity index (χ0) is 14.5. The van der Waals surface area contributed by atoms with Crippen LogP contribution in [-0.2, 0) is 0 Å². The summed E-state index contributed by atoms with van der Waals surface area (Å²) < 4.78 is 5.54. The lowest BCUT2D eigenvalue weighted by molar-refractivity contribution is 0.102. The molecule has 0 aliphatic heterocycles. The number of nitrogens with two attached hydrogens (primary N) is 1. The molecule has 4 nitrogen and oxygen atoms in total. The maximum absolute atomic E-state index is 12.2. The van der Waals surface area contributed by atoms with Gasteiger partial charge in [0, 0.05) is 11.3 Å². The van der Waals surface area contributed by atoms with E-state index in [9.17, 15) is 4.79 Å². The summed E-state index contributed by atoms with van der Waals surface area (Å²) in [6.07, 6.45) is 0. The van der Waals surface area contributed by atoms with E-state index in [1.807, 2.05) is 32.0 Å². The molecule has 0 aromatic heterocycles. The Morgan fingerprint density at radius 3 is 2.55 bits per heavy atom. The van der Waals surface area contributed by atoms with Gasteiger partial charge in [0.25, 0.3) is 5.91 Å². The van der Waals surface area contributed by atoms with E-state index in [1.165, 1.54) is 0 Å². The first-order chi connectivity index (χ1) is 9.60. The van der Waals surface area contributed by atoms with Crippen molar-refractivity contribution >= 4 is 17.3 Å². The van der Waals surface area contributed by atoms with Gasteiger partial charge in [-0.15, -0.1) is 0 Å². The molecule has 104 valence electrons. The average molecular weight is 270 g/mol. The number of amides is 1. The second kappa shape index (κ2) is 6.10. The van der Waals surface area contributed by atoms with Crippen LogP contribution in [0, 0.1) is 6.92 Å². The highest BCUT2D eigenvalue weighted by Crippen LogP contribution is 2.26. The number of nitrogen functional groups attached to an aromatic ring is 1. The zero-order valence-corrected chi connectivity index (χ0v) is 11.6. The number of hydrogen-bond acceptors (Lipinski definition) is 3. The van der Waals surface area contributed by atoms with Crippen LogP contribution in [0.1, 0.15) is 22.8 Å². The minimum absolute atomic E-state index is 0.185. The molecular weight excluding hydrogens is 252 g/mol. The lowest BCUT2D eigenvalue weighted by Crippen LogP contribution is -2.13. The molecule has 2 aromatic rings. The topological polar surface area (TPSA) is 64.3 Å². The van der Waals surface area contributed by atoms with Crippen molar-refractivity contribution in [3.05, 3.63) is 53.6 Å². The van der Waals surface area contributed by atoms with Crippen LogP contribution in [0.25, 0.3) is 0 Å². The van der Waals surface area contributed by atoms with Crippen LogP contribution in [0.15, 0.2) is 42.5 Å². The second-order valence-electron chi connectivity index (χ2n) is 4.51. The predicted octanol–water partition coefficient (Wildman–Crippen LogP) is 3.23. The van der Waals surface area contributed by atoms with Crippen LogP contribution in [0.5, 0.6) is 5.75 Å². The number of ether oxygens (including phenoxy) is 1. The van der Waals surface area contributed by atoms with Crippen molar-refractivity contribution in [1.82, 2.24) is 0 Å². The number of nitrogens with one attached hydrogen (secondary N) is 1. The molecule has 1 amide bonds. The van der Waals surface area contributed by atoms with E-state index in [1.54, 1.807) is 24.3 Å². The Kier molecular flexibility index (Phi) is 4.25. The third kappa shape index (κ3) is 3.29. The van der Waals surface area contributed by atoms with Crippen LogP contribution >= 0.6 is 0 Å². The maximum atomic E-state index is 12.2. The van der Waals surface area contributed by atoms with E-state index in [4.69, 9.17) is 10.5 Å². The van der Waals surface area contributed by atoms with E-state index < -0.39 is 0 Å². The molecular formula is C16H18N2O2. The molecule has 0 aliphatic rings. The Balaban J connectivity index is 2.21. The molecule has 0 bridgehead atoms. The number of rotatable bonds is 4. The largest absolute Gasteiger partial charge is 0.492 e. The van der Waals surface area contributed by atoms with Crippen molar-refractivity contribution in [2.45, 2.75) is 13.8 Å². The van der Waals surface area contributed by atoms with Crippen molar-refractivity contribution in [1.29, 1.82) is 0 Å². The molecule has 0 saturated heterocycles. The molecule has 0 heterocycles. The average Bonchev–Trinajstić information content (AvgIpc) is 2.43. The number of carbonyl (C=O) groups excluding carboxylic acids is 1. The molecule has 20 heavy (non-hydrogen) atoms. The van der Waals surface area contributed by atoms with Crippen molar-refractivity contribution in [3.8, 4) is 5.75 Å². The Hall–Kier alpha value is -2.49. The third-order valence-electron chi connectivity index (χ3n) is 2.86. The minimum Gasteiger partial charge on any atom is -0.492 e. The van der Waals surface area contributed by atoms with Crippen LogP contribution in [0.2, 0.25) is 0 Å². The van der Waals surface area contributed by atoms with Gasteiger partial charge in [0.15, 0.2) is 0 Å². The Morgan fingerprint density at radius 1 is 1.20 bits per heavy atom. The molecule has 4 heteroatoms. The van der Waals surface area contributed by atoms with Crippen molar-refractivity contribution in [2.75, 3.05) is 17.7 Å². The summed E-state index contributed by atoms with van der Waals surface area (Å²) in [4.78, 5) is 12.2. The van der Waals surface area contributed by atoms with E-state index in [2.05, 4.69) is 5.32 Å². The SMILES string of the molecule is CCOc1cc(C)ccc1NC(=O)c1ccc(N)cc1. The smallest absolute Gasteiger partial charge is 0.255 e. The second-order valence-corrected chi connectivity index (χ2v) is 4.51. The maximum Gasteiger partial charge on any atom is 0.255 e. The van der Waals surface area contributed by atoms with Crippen molar-refractivity contribution < 1.29 is 9.53 Å². The molecule has 2 aromatic carbocycles. The molecule has 2 rings (SSSR count). The predicted molar refractivity (Wildman–Crippen MR) is 81.2 cm³/mol. The summed E-state index contributed by atoms with van der Waals surface area (Å²) in [6, 6.07) is 12.5. The highest BCUT2D eigenvalue weighted by molar-refractivity contribution is 6.05. The first kappa shape index (κ1) is 13.9.